The summed E-state index contributed by atoms with van der Waals surface area (Å²) in [5, 5.41) is 2.57. The number of para-hydroxylation sites is 2. The molecule has 0 amide bonds. The summed E-state index contributed by atoms with van der Waals surface area (Å²) in [5.74, 6) is 1.57. The van der Waals surface area contributed by atoms with Crippen molar-refractivity contribution in [2.75, 3.05) is 13.7 Å². The molecule has 0 spiro atoms. The van der Waals surface area contributed by atoms with Crippen LogP contribution >= 0.6 is 0 Å². The molecule has 0 aliphatic carbocycles. The zero-order valence-electron chi connectivity index (χ0n) is 12.1. The number of methoxy groups -OCH3 is 1. The van der Waals surface area contributed by atoms with Crippen molar-refractivity contribution in [3.63, 3.8) is 0 Å². The normalized spacial score (nSPS) is 10.5. The van der Waals surface area contributed by atoms with Crippen LogP contribution in [0, 0.1) is 0 Å². The van der Waals surface area contributed by atoms with Gasteiger partial charge in [-0.25, -0.2) is 0 Å². The summed E-state index contributed by atoms with van der Waals surface area (Å²) >= 11 is 0. The molecule has 0 heterocycles. The molecule has 3 aromatic rings. The van der Waals surface area contributed by atoms with E-state index in [4.69, 9.17) is 9.47 Å². The molecule has 0 unspecified atom stereocenters. The van der Waals surface area contributed by atoms with Crippen LogP contribution in [-0.2, 0) is 6.42 Å². The number of hydrogen-bond acceptors (Lipinski definition) is 2. The summed E-state index contributed by atoms with van der Waals surface area (Å²) in [5.41, 5.74) is 1.31. The lowest BCUT2D eigenvalue weighted by molar-refractivity contribution is 0.298. The first-order chi connectivity index (χ1) is 10.4. The quantitative estimate of drug-likeness (QED) is 0.685. The predicted molar refractivity (Wildman–Crippen MR) is 86.1 cm³/mol. The van der Waals surface area contributed by atoms with E-state index in [0.717, 1.165) is 17.9 Å². The molecule has 2 heteroatoms. The second kappa shape index (κ2) is 6.31. The van der Waals surface area contributed by atoms with E-state index in [-0.39, 0.29) is 0 Å². The number of hydrogen-bond donors (Lipinski definition) is 0. The Hall–Kier alpha value is -2.48. The molecule has 0 N–H and O–H groups in total. The van der Waals surface area contributed by atoms with Gasteiger partial charge in [0, 0.05) is 6.42 Å². The molecule has 0 aliphatic rings. The molecule has 21 heavy (non-hydrogen) atoms. The lowest BCUT2D eigenvalue weighted by atomic mass is 10.0. The Morgan fingerprint density at radius 2 is 1.48 bits per heavy atom. The maximum absolute atomic E-state index is 5.86. The van der Waals surface area contributed by atoms with Crippen LogP contribution in [0.25, 0.3) is 10.8 Å². The third-order valence-electron chi connectivity index (χ3n) is 3.58. The molecule has 0 fully saturated rings. The zero-order chi connectivity index (χ0) is 14.5. The minimum Gasteiger partial charge on any atom is -0.493 e. The maximum atomic E-state index is 5.86. The number of ether oxygens (including phenoxy) is 2. The molecule has 0 bridgehead atoms. The Balaban J connectivity index is 1.72. The third kappa shape index (κ3) is 3.00. The van der Waals surface area contributed by atoms with Crippen LogP contribution in [0.2, 0.25) is 0 Å². The molecule has 2 nitrogen and oxygen atoms in total. The van der Waals surface area contributed by atoms with Crippen LogP contribution in [0.15, 0.2) is 66.7 Å². The highest BCUT2D eigenvalue weighted by Crippen LogP contribution is 2.26. The molecule has 106 valence electrons. The Morgan fingerprint density at radius 1 is 0.762 bits per heavy atom. The highest BCUT2D eigenvalue weighted by atomic mass is 16.5. The van der Waals surface area contributed by atoms with Crippen molar-refractivity contribution in [1.29, 1.82) is 0 Å². The minimum absolute atomic E-state index is 0.633. The summed E-state index contributed by atoms with van der Waals surface area (Å²) in [6.45, 7) is 0.633. The maximum Gasteiger partial charge on any atom is 0.161 e. The Labute approximate surface area is 124 Å². The smallest absolute Gasteiger partial charge is 0.161 e. The molecule has 3 aromatic carbocycles. The molecule has 3 rings (SSSR count). The molecular formula is C19H18O2. The van der Waals surface area contributed by atoms with Crippen molar-refractivity contribution in [3.05, 3.63) is 72.3 Å². The lowest BCUT2D eigenvalue weighted by Crippen LogP contribution is -2.03. The fourth-order valence-corrected chi connectivity index (χ4v) is 2.52. The van der Waals surface area contributed by atoms with Gasteiger partial charge in [0.2, 0.25) is 0 Å². The van der Waals surface area contributed by atoms with Gasteiger partial charge in [-0.2, -0.15) is 0 Å². The Bertz CT molecular complexity index is 729. The highest BCUT2D eigenvalue weighted by Gasteiger charge is 2.04. The molecule has 0 aromatic heterocycles. The number of fused-ring (bicyclic) bond motifs is 1. The summed E-state index contributed by atoms with van der Waals surface area (Å²) in [6, 6.07) is 22.6. The minimum atomic E-state index is 0.633. The average Bonchev–Trinajstić information content (AvgIpc) is 2.55. The Morgan fingerprint density at radius 3 is 2.33 bits per heavy atom. The number of rotatable bonds is 5. The average molecular weight is 278 g/mol. The van der Waals surface area contributed by atoms with Crippen molar-refractivity contribution in [3.8, 4) is 11.5 Å². The van der Waals surface area contributed by atoms with E-state index in [2.05, 4.69) is 42.5 Å². The standard InChI is InChI=1S/C19H18O2/c1-20-18-11-4-5-12-19(18)21-14-13-16-9-6-8-15-7-2-3-10-17(15)16/h2-12H,13-14H2,1H3. The van der Waals surface area contributed by atoms with Crippen molar-refractivity contribution in [1.82, 2.24) is 0 Å². The van der Waals surface area contributed by atoms with E-state index in [1.54, 1.807) is 7.11 Å². The van der Waals surface area contributed by atoms with E-state index in [1.165, 1.54) is 16.3 Å². The zero-order valence-corrected chi connectivity index (χ0v) is 12.1. The molecule has 0 saturated carbocycles. The van der Waals surface area contributed by atoms with Gasteiger partial charge in [-0.1, -0.05) is 54.6 Å². The van der Waals surface area contributed by atoms with Crippen LogP contribution < -0.4 is 9.47 Å². The van der Waals surface area contributed by atoms with E-state index < -0.39 is 0 Å². The van der Waals surface area contributed by atoms with E-state index >= 15 is 0 Å². The fraction of sp³-hybridized carbons (Fsp3) is 0.158. The Kier molecular flexibility index (Phi) is 4.06. The highest BCUT2D eigenvalue weighted by molar-refractivity contribution is 5.85. The van der Waals surface area contributed by atoms with Crippen LogP contribution in [0.4, 0.5) is 0 Å². The first-order valence-electron chi connectivity index (χ1n) is 7.11. The summed E-state index contributed by atoms with van der Waals surface area (Å²) in [7, 11) is 1.66. The monoisotopic (exact) mass is 278 g/mol. The first-order valence-corrected chi connectivity index (χ1v) is 7.11. The van der Waals surface area contributed by atoms with Gasteiger partial charge in [0.15, 0.2) is 11.5 Å². The van der Waals surface area contributed by atoms with E-state index in [9.17, 15) is 0 Å². The van der Waals surface area contributed by atoms with Crippen molar-refractivity contribution >= 4 is 10.8 Å². The van der Waals surface area contributed by atoms with Crippen LogP contribution in [0.1, 0.15) is 5.56 Å². The summed E-state index contributed by atoms with van der Waals surface area (Å²) in [4.78, 5) is 0. The van der Waals surface area contributed by atoms with Crippen molar-refractivity contribution in [2.45, 2.75) is 6.42 Å². The molecule has 0 saturated heterocycles. The van der Waals surface area contributed by atoms with Gasteiger partial charge in [0.25, 0.3) is 0 Å². The SMILES string of the molecule is COc1ccccc1OCCc1cccc2ccccc12. The van der Waals surface area contributed by atoms with Gasteiger partial charge < -0.3 is 9.47 Å². The van der Waals surface area contributed by atoms with E-state index in [1.807, 2.05) is 24.3 Å². The van der Waals surface area contributed by atoms with Gasteiger partial charge >= 0.3 is 0 Å². The number of benzene rings is 3. The largest absolute Gasteiger partial charge is 0.493 e. The fourth-order valence-electron chi connectivity index (χ4n) is 2.52. The predicted octanol–water partition coefficient (Wildman–Crippen LogP) is 4.47. The van der Waals surface area contributed by atoms with Gasteiger partial charge in [-0.05, 0) is 28.5 Å². The molecule has 0 radical (unpaired) electrons. The summed E-state index contributed by atoms with van der Waals surface area (Å²) < 4.78 is 11.1. The lowest BCUT2D eigenvalue weighted by Gasteiger charge is -2.11. The summed E-state index contributed by atoms with van der Waals surface area (Å²) in [6.07, 6.45) is 0.874. The van der Waals surface area contributed by atoms with Gasteiger partial charge in [-0.15, -0.1) is 0 Å². The second-order valence-electron chi connectivity index (χ2n) is 4.89. The molecular weight excluding hydrogens is 260 g/mol. The van der Waals surface area contributed by atoms with Crippen LogP contribution in [0.5, 0.6) is 11.5 Å². The van der Waals surface area contributed by atoms with Gasteiger partial charge in [0.1, 0.15) is 0 Å². The topological polar surface area (TPSA) is 18.5 Å². The second-order valence-corrected chi connectivity index (χ2v) is 4.89. The van der Waals surface area contributed by atoms with Crippen LogP contribution in [-0.4, -0.2) is 13.7 Å². The van der Waals surface area contributed by atoms with Crippen LogP contribution in [0.3, 0.4) is 0 Å². The third-order valence-corrected chi connectivity index (χ3v) is 3.58. The molecule has 0 atom stereocenters. The van der Waals surface area contributed by atoms with Crippen molar-refractivity contribution < 1.29 is 9.47 Å². The van der Waals surface area contributed by atoms with Crippen molar-refractivity contribution in [2.24, 2.45) is 0 Å². The molecule has 0 aliphatic heterocycles. The van der Waals surface area contributed by atoms with E-state index in [0.29, 0.717) is 6.61 Å². The first kappa shape index (κ1) is 13.5. The van der Waals surface area contributed by atoms with Gasteiger partial charge in [0.05, 0.1) is 13.7 Å². The van der Waals surface area contributed by atoms with Gasteiger partial charge in [-0.3, -0.25) is 0 Å².